The second kappa shape index (κ2) is 5.28. The Morgan fingerprint density at radius 1 is 1.55 bits per heavy atom. The molecule has 0 aliphatic heterocycles. The number of amides is 1. The van der Waals surface area contributed by atoms with E-state index < -0.39 is 5.60 Å². The van der Waals surface area contributed by atoms with Gasteiger partial charge in [-0.3, -0.25) is 9.48 Å². The molecule has 22 heavy (non-hydrogen) atoms. The minimum Gasteiger partial charge on any atom is -0.469 e. The van der Waals surface area contributed by atoms with Crippen molar-refractivity contribution >= 4 is 5.91 Å². The summed E-state index contributed by atoms with van der Waals surface area (Å²) < 4.78 is 7.09. The van der Waals surface area contributed by atoms with Crippen molar-refractivity contribution in [1.29, 1.82) is 0 Å². The van der Waals surface area contributed by atoms with E-state index in [0.29, 0.717) is 17.7 Å². The standard InChI is InChI=1S/C16H21N3O3/c1-10-14(11(2)19(3)18-10)15(20)17-9-16(21)7-4-5-13-12(16)6-8-22-13/h6,8,21H,4-5,7,9H2,1-3H3,(H,17,20). The summed E-state index contributed by atoms with van der Waals surface area (Å²) >= 11 is 0. The first-order valence-electron chi connectivity index (χ1n) is 7.50. The van der Waals surface area contributed by atoms with E-state index in [-0.39, 0.29) is 12.5 Å². The van der Waals surface area contributed by atoms with Crippen molar-refractivity contribution in [2.75, 3.05) is 6.54 Å². The number of rotatable bonds is 3. The highest BCUT2D eigenvalue weighted by molar-refractivity contribution is 5.96. The van der Waals surface area contributed by atoms with Crippen molar-refractivity contribution in [2.45, 2.75) is 38.7 Å². The van der Waals surface area contributed by atoms with Crippen molar-refractivity contribution in [2.24, 2.45) is 7.05 Å². The molecule has 2 aromatic heterocycles. The molecule has 118 valence electrons. The molecule has 1 amide bonds. The van der Waals surface area contributed by atoms with Crippen LogP contribution in [0.1, 0.15) is 45.9 Å². The molecule has 0 spiro atoms. The summed E-state index contributed by atoms with van der Waals surface area (Å²) in [5.74, 6) is 0.615. The molecular weight excluding hydrogens is 282 g/mol. The summed E-state index contributed by atoms with van der Waals surface area (Å²) in [7, 11) is 1.81. The van der Waals surface area contributed by atoms with E-state index in [1.165, 1.54) is 0 Å². The molecule has 6 nitrogen and oxygen atoms in total. The van der Waals surface area contributed by atoms with Crippen molar-refractivity contribution in [1.82, 2.24) is 15.1 Å². The van der Waals surface area contributed by atoms with Gasteiger partial charge < -0.3 is 14.8 Å². The lowest BCUT2D eigenvalue weighted by atomic mass is 9.83. The van der Waals surface area contributed by atoms with E-state index in [1.807, 2.05) is 20.9 Å². The van der Waals surface area contributed by atoms with Gasteiger partial charge in [0, 0.05) is 24.7 Å². The molecule has 2 heterocycles. The Balaban J connectivity index is 1.77. The first-order chi connectivity index (χ1) is 10.4. The molecule has 1 atom stereocenters. The Labute approximate surface area is 129 Å². The number of carbonyl (C=O) groups excluding carboxylic acids is 1. The van der Waals surface area contributed by atoms with E-state index in [2.05, 4.69) is 10.4 Å². The Hall–Kier alpha value is -2.08. The third-order valence-electron chi connectivity index (χ3n) is 4.52. The highest BCUT2D eigenvalue weighted by atomic mass is 16.3. The zero-order chi connectivity index (χ0) is 15.9. The van der Waals surface area contributed by atoms with Crippen LogP contribution in [0.2, 0.25) is 0 Å². The van der Waals surface area contributed by atoms with E-state index >= 15 is 0 Å². The quantitative estimate of drug-likeness (QED) is 0.902. The van der Waals surface area contributed by atoms with Gasteiger partial charge in [-0.05, 0) is 32.8 Å². The normalized spacial score (nSPS) is 20.7. The number of aliphatic hydroxyl groups is 1. The van der Waals surface area contributed by atoms with Gasteiger partial charge in [0.1, 0.15) is 11.4 Å². The summed E-state index contributed by atoms with van der Waals surface area (Å²) in [6.07, 6.45) is 3.89. The number of hydrogen-bond donors (Lipinski definition) is 2. The van der Waals surface area contributed by atoms with Crippen molar-refractivity contribution in [3.8, 4) is 0 Å². The summed E-state index contributed by atoms with van der Waals surface area (Å²) in [5.41, 5.74) is 1.82. The Kier molecular flexibility index (Phi) is 3.56. The maximum absolute atomic E-state index is 12.4. The van der Waals surface area contributed by atoms with Crippen molar-refractivity contribution in [3.63, 3.8) is 0 Å². The fourth-order valence-corrected chi connectivity index (χ4v) is 3.23. The summed E-state index contributed by atoms with van der Waals surface area (Å²) in [4.78, 5) is 12.4. The van der Waals surface area contributed by atoms with Gasteiger partial charge >= 0.3 is 0 Å². The zero-order valence-corrected chi connectivity index (χ0v) is 13.1. The Morgan fingerprint density at radius 2 is 2.32 bits per heavy atom. The smallest absolute Gasteiger partial charge is 0.255 e. The molecule has 0 bridgehead atoms. The first kappa shape index (κ1) is 14.8. The maximum Gasteiger partial charge on any atom is 0.255 e. The van der Waals surface area contributed by atoms with E-state index in [4.69, 9.17) is 4.42 Å². The van der Waals surface area contributed by atoms with Gasteiger partial charge in [-0.15, -0.1) is 0 Å². The number of fused-ring (bicyclic) bond motifs is 1. The van der Waals surface area contributed by atoms with Crippen LogP contribution in [0.3, 0.4) is 0 Å². The second-order valence-corrected chi connectivity index (χ2v) is 5.99. The highest BCUT2D eigenvalue weighted by Crippen LogP contribution is 2.35. The summed E-state index contributed by atoms with van der Waals surface area (Å²) in [5, 5.41) is 18.0. The molecule has 6 heteroatoms. The number of hydrogen-bond acceptors (Lipinski definition) is 4. The molecule has 1 aliphatic carbocycles. The van der Waals surface area contributed by atoms with Crippen molar-refractivity contribution < 1.29 is 14.3 Å². The van der Waals surface area contributed by atoms with E-state index in [9.17, 15) is 9.90 Å². The van der Waals surface area contributed by atoms with Gasteiger partial charge in [-0.25, -0.2) is 0 Å². The average molecular weight is 303 g/mol. The number of aromatic nitrogens is 2. The number of nitrogens with one attached hydrogen (secondary N) is 1. The van der Waals surface area contributed by atoms with Crippen LogP contribution < -0.4 is 5.32 Å². The highest BCUT2D eigenvalue weighted by Gasteiger charge is 2.36. The molecule has 2 N–H and O–H groups in total. The lowest BCUT2D eigenvalue weighted by molar-refractivity contribution is 0.0169. The van der Waals surface area contributed by atoms with Crippen LogP contribution in [0.25, 0.3) is 0 Å². The number of furan rings is 1. The zero-order valence-electron chi connectivity index (χ0n) is 13.1. The number of aryl methyl sites for hydroxylation is 3. The van der Waals surface area contributed by atoms with Crippen molar-refractivity contribution in [3.05, 3.63) is 40.6 Å². The molecule has 0 saturated heterocycles. The third-order valence-corrected chi connectivity index (χ3v) is 4.52. The molecular formula is C16H21N3O3. The maximum atomic E-state index is 12.4. The van der Waals surface area contributed by atoms with Crippen LogP contribution in [0.5, 0.6) is 0 Å². The predicted molar refractivity (Wildman–Crippen MR) is 80.6 cm³/mol. The first-order valence-corrected chi connectivity index (χ1v) is 7.50. The summed E-state index contributed by atoms with van der Waals surface area (Å²) in [6, 6.07) is 1.79. The predicted octanol–water partition coefficient (Wildman–Crippen LogP) is 1.58. The largest absolute Gasteiger partial charge is 0.469 e. The Morgan fingerprint density at radius 3 is 3.00 bits per heavy atom. The molecule has 0 aromatic carbocycles. The van der Waals surface area contributed by atoms with Gasteiger partial charge in [0.25, 0.3) is 5.91 Å². The van der Waals surface area contributed by atoms with Crippen LogP contribution in [0.15, 0.2) is 16.7 Å². The second-order valence-electron chi connectivity index (χ2n) is 5.99. The van der Waals surface area contributed by atoms with Gasteiger partial charge in [0.15, 0.2) is 0 Å². The van der Waals surface area contributed by atoms with Gasteiger partial charge in [-0.1, -0.05) is 0 Å². The Bertz CT molecular complexity index is 716. The van der Waals surface area contributed by atoms with Gasteiger partial charge in [-0.2, -0.15) is 5.10 Å². The molecule has 1 unspecified atom stereocenters. The van der Waals surface area contributed by atoms with Crippen LogP contribution in [-0.2, 0) is 19.1 Å². The molecule has 0 fully saturated rings. The van der Waals surface area contributed by atoms with Crippen LogP contribution in [0.4, 0.5) is 0 Å². The molecule has 1 aliphatic rings. The average Bonchev–Trinajstić information content (AvgIpc) is 3.04. The van der Waals surface area contributed by atoms with E-state index in [0.717, 1.165) is 29.9 Å². The topological polar surface area (TPSA) is 80.3 Å². The van der Waals surface area contributed by atoms with Crippen LogP contribution in [0, 0.1) is 13.8 Å². The SMILES string of the molecule is Cc1nn(C)c(C)c1C(=O)NCC1(O)CCCc2occc21. The van der Waals surface area contributed by atoms with Crippen LogP contribution in [-0.4, -0.2) is 27.3 Å². The molecule has 0 radical (unpaired) electrons. The van der Waals surface area contributed by atoms with Crippen LogP contribution >= 0.6 is 0 Å². The summed E-state index contributed by atoms with van der Waals surface area (Å²) in [6.45, 7) is 3.84. The molecule has 3 rings (SSSR count). The number of nitrogens with zero attached hydrogens (tertiary/aromatic N) is 2. The monoisotopic (exact) mass is 303 g/mol. The lowest BCUT2D eigenvalue weighted by Gasteiger charge is -2.31. The minimum absolute atomic E-state index is 0.173. The number of carbonyl (C=O) groups is 1. The lowest BCUT2D eigenvalue weighted by Crippen LogP contribution is -2.42. The van der Waals surface area contributed by atoms with E-state index in [1.54, 1.807) is 17.0 Å². The fourth-order valence-electron chi connectivity index (χ4n) is 3.23. The minimum atomic E-state index is -1.06. The molecule has 2 aromatic rings. The fraction of sp³-hybridized carbons (Fsp3) is 0.500. The third kappa shape index (κ3) is 2.33. The molecule has 0 saturated carbocycles. The van der Waals surface area contributed by atoms with Gasteiger partial charge in [0.2, 0.25) is 0 Å². The van der Waals surface area contributed by atoms with Gasteiger partial charge in [0.05, 0.1) is 24.1 Å².